The molecule has 1 aromatic carbocycles. The molecule has 4 heterocycles. The van der Waals surface area contributed by atoms with Crippen molar-refractivity contribution in [3.8, 4) is 10.6 Å². The molecule has 0 saturated carbocycles. The molecular weight excluding hydrogens is 458 g/mol. The molecule has 0 spiro atoms. The van der Waals surface area contributed by atoms with Gasteiger partial charge in [-0.25, -0.2) is 5.01 Å². The molecule has 0 atom stereocenters. The van der Waals surface area contributed by atoms with E-state index in [0.29, 0.717) is 28.4 Å². The number of hydrazine groups is 1. The van der Waals surface area contributed by atoms with E-state index in [1.165, 1.54) is 11.3 Å². The highest BCUT2D eigenvalue weighted by Crippen LogP contribution is 2.32. The molecular formula is C24H26ClN5O2S. The molecule has 1 saturated heterocycles. The molecule has 0 radical (unpaired) electrons. The summed E-state index contributed by atoms with van der Waals surface area (Å²) >= 11 is 7.50. The van der Waals surface area contributed by atoms with Crippen LogP contribution in [0.1, 0.15) is 30.0 Å². The first kappa shape index (κ1) is 22.2. The summed E-state index contributed by atoms with van der Waals surface area (Å²) in [5, 5.41) is 7.27. The Balaban J connectivity index is 1.38. The fraction of sp³-hybridized carbons (Fsp3) is 0.333. The van der Waals surface area contributed by atoms with Gasteiger partial charge in [-0.3, -0.25) is 15.1 Å². The number of carbonyl (C=O) groups is 1. The van der Waals surface area contributed by atoms with Gasteiger partial charge in [-0.05, 0) is 38.1 Å². The van der Waals surface area contributed by atoms with Crippen LogP contribution in [0.2, 0.25) is 4.34 Å². The SMILES string of the molecule is CC(C)N1CCN(NC(=O)c2cc3ccccc3n2Cc2cc(-c3ccc(Cl)s3)on2)CC1. The van der Waals surface area contributed by atoms with Crippen LogP contribution in [0.3, 0.4) is 0 Å². The third kappa shape index (κ3) is 4.70. The van der Waals surface area contributed by atoms with Crippen LogP contribution in [-0.2, 0) is 6.54 Å². The first-order valence-corrected chi connectivity index (χ1v) is 12.3. The van der Waals surface area contributed by atoms with Crippen molar-refractivity contribution in [3.05, 3.63) is 64.3 Å². The van der Waals surface area contributed by atoms with E-state index in [0.717, 1.165) is 47.7 Å². The summed E-state index contributed by atoms with van der Waals surface area (Å²) in [6.45, 7) is 8.33. The van der Waals surface area contributed by atoms with E-state index in [-0.39, 0.29) is 5.91 Å². The Hall–Kier alpha value is -2.65. The zero-order valence-electron chi connectivity index (χ0n) is 18.6. The number of thiophene rings is 1. The summed E-state index contributed by atoms with van der Waals surface area (Å²) < 4.78 is 8.25. The maximum Gasteiger partial charge on any atom is 0.282 e. The van der Waals surface area contributed by atoms with Crippen molar-refractivity contribution in [3.63, 3.8) is 0 Å². The van der Waals surface area contributed by atoms with E-state index < -0.39 is 0 Å². The number of nitrogens with zero attached hydrogens (tertiary/aromatic N) is 4. The number of aromatic nitrogens is 2. The monoisotopic (exact) mass is 483 g/mol. The summed E-state index contributed by atoms with van der Waals surface area (Å²) in [5.41, 5.74) is 5.44. The van der Waals surface area contributed by atoms with E-state index in [1.54, 1.807) is 0 Å². The summed E-state index contributed by atoms with van der Waals surface area (Å²) in [7, 11) is 0. The highest BCUT2D eigenvalue weighted by atomic mass is 35.5. The lowest BCUT2D eigenvalue weighted by Gasteiger charge is -2.36. The predicted octanol–water partition coefficient (Wildman–Crippen LogP) is 4.73. The third-order valence-corrected chi connectivity index (χ3v) is 7.29. The van der Waals surface area contributed by atoms with E-state index >= 15 is 0 Å². The molecule has 0 aliphatic carbocycles. The molecule has 9 heteroatoms. The Morgan fingerprint density at radius 1 is 1.15 bits per heavy atom. The minimum atomic E-state index is -0.113. The average Bonchev–Trinajstić information content (AvgIpc) is 3.53. The van der Waals surface area contributed by atoms with Crippen LogP contribution in [0.15, 0.2) is 53.1 Å². The Morgan fingerprint density at radius 2 is 1.94 bits per heavy atom. The van der Waals surface area contributed by atoms with Crippen molar-refractivity contribution >= 4 is 39.7 Å². The van der Waals surface area contributed by atoms with Gasteiger partial charge in [0.1, 0.15) is 11.4 Å². The number of para-hydroxylation sites is 1. The highest BCUT2D eigenvalue weighted by Gasteiger charge is 2.23. The first-order chi connectivity index (χ1) is 16.0. The van der Waals surface area contributed by atoms with Crippen molar-refractivity contribution in [2.75, 3.05) is 26.2 Å². The Kier molecular flexibility index (Phi) is 6.25. The number of fused-ring (bicyclic) bond motifs is 1. The second kappa shape index (κ2) is 9.30. The molecule has 1 fully saturated rings. The van der Waals surface area contributed by atoms with Gasteiger partial charge in [-0.1, -0.05) is 35.0 Å². The lowest BCUT2D eigenvalue weighted by atomic mass is 10.2. The molecule has 1 aliphatic rings. The number of hydrogen-bond donors (Lipinski definition) is 1. The highest BCUT2D eigenvalue weighted by molar-refractivity contribution is 7.19. The van der Waals surface area contributed by atoms with E-state index in [1.807, 2.05) is 58.1 Å². The van der Waals surface area contributed by atoms with Gasteiger partial charge in [0.25, 0.3) is 5.91 Å². The largest absolute Gasteiger partial charge is 0.355 e. The lowest BCUT2D eigenvalue weighted by molar-refractivity contribution is 0.0547. The number of carbonyl (C=O) groups excluding carboxylic acids is 1. The summed E-state index contributed by atoms with van der Waals surface area (Å²) in [6, 6.07) is 16.1. The average molecular weight is 484 g/mol. The zero-order chi connectivity index (χ0) is 22.9. The first-order valence-electron chi connectivity index (χ1n) is 11.1. The molecule has 1 N–H and O–H groups in total. The Bertz CT molecular complexity index is 1270. The third-order valence-electron chi connectivity index (χ3n) is 6.04. The van der Waals surface area contributed by atoms with Gasteiger partial charge >= 0.3 is 0 Å². The summed E-state index contributed by atoms with van der Waals surface area (Å²) in [5.74, 6) is 0.561. The lowest BCUT2D eigenvalue weighted by Crippen LogP contribution is -2.55. The van der Waals surface area contributed by atoms with Crippen LogP contribution in [0.4, 0.5) is 0 Å². The number of benzene rings is 1. The normalized spacial score (nSPS) is 15.5. The topological polar surface area (TPSA) is 66.5 Å². The minimum absolute atomic E-state index is 0.113. The smallest absolute Gasteiger partial charge is 0.282 e. The number of nitrogens with one attached hydrogen (secondary N) is 1. The van der Waals surface area contributed by atoms with Gasteiger partial charge in [0.05, 0.1) is 15.8 Å². The van der Waals surface area contributed by atoms with Gasteiger partial charge in [-0.2, -0.15) is 0 Å². The van der Waals surface area contributed by atoms with Gasteiger partial charge in [0, 0.05) is 49.2 Å². The molecule has 5 rings (SSSR count). The van der Waals surface area contributed by atoms with Crippen LogP contribution in [0.25, 0.3) is 21.5 Å². The molecule has 3 aromatic heterocycles. The number of rotatable bonds is 6. The molecule has 0 bridgehead atoms. The van der Waals surface area contributed by atoms with Crippen LogP contribution in [-0.4, -0.2) is 57.8 Å². The van der Waals surface area contributed by atoms with Crippen molar-refractivity contribution in [2.45, 2.75) is 26.4 Å². The molecule has 1 amide bonds. The fourth-order valence-corrected chi connectivity index (χ4v) is 5.22. The number of amides is 1. The molecule has 0 unspecified atom stereocenters. The Labute approximate surface area is 201 Å². The Morgan fingerprint density at radius 3 is 2.67 bits per heavy atom. The van der Waals surface area contributed by atoms with Crippen molar-refractivity contribution in [1.29, 1.82) is 0 Å². The number of halogens is 1. The van der Waals surface area contributed by atoms with Crippen molar-refractivity contribution in [2.24, 2.45) is 0 Å². The van der Waals surface area contributed by atoms with Gasteiger partial charge in [-0.15, -0.1) is 11.3 Å². The van der Waals surface area contributed by atoms with E-state index in [2.05, 4.69) is 29.3 Å². The second-order valence-corrected chi connectivity index (χ2v) is 10.2. The molecule has 1 aliphatic heterocycles. The van der Waals surface area contributed by atoms with Gasteiger partial charge in [0.15, 0.2) is 5.76 Å². The minimum Gasteiger partial charge on any atom is -0.355 e. The maximum absolute atomic E-state index is 13.3. The van der Waals surface area contributed by atoms with Crippen molar-refractivity contribution in [1.82, 2.24) is 25.1 Å². The number of piperazine rings is 1. The molecule has 172 valence electrons. The van der Waals surface area contributed by atoms with Gasteiger partial charge in [0.2, 0.25) is 0 Å². The van der Waals surface area contributed by atoms with Gasteiger partial charge < -0.3 is 9.09 Å². The predicted molar refractivity (Wildman–Crippen MR) is 132 cm³/mol. The summed E-state index contributed by atoms with van der Waals surface area (Å²) in [6.07, 6.45) is 0. The van der Waals surface area contributed by atoms with Crippen LogP contribution in [0, 0.1) is 0 Å². The van der Waals surface area contributed by atoms with Crippen LogP contribution >= 0.6 is 22.9 Å². The summed E-state index contributed by atoms with van der Waals surface area (Å²) in [4.78, 5) is 16.6. The molecule has 33 heavy (non-hydrogen) atoms. The molecule has 7 nitrogen and oxygen atoms in total. The molecule has 4 aromatic rings. The van der Waals surface area contributed by atoms with E-state index in [9.17, 15) is 4.79 Å². The van der Waals surface area contributed by atoms with Crippen LogP contribution in [0.5, 0.6) is 0 Å². The zero-order valence-corrected chi connectivity index (χ0v) is 20.2. The standard InChI is InChI=1S/C24H26ClN5O2S/c1-16(2)28-9-11-29(12-10-28)26-24(31)20-13-17-5-3-4-6-19(17)30(20)15-18-14-21(32-27-18)22-7-8-23(25)33-22/h3-8,13-14,16H,9-12,15H2,1-2H3,(H,26,31). The maximum atomic E-state index is 13.3. The van der Waals surface area contributed by atoms with Crippen molar-refractivity contribution < 1.29 is 9.32 Å². The van der Waals surface area contributed by atoms with Crippen LogP contribution < -0.4 is 5.43 Å². The second-order valence-electron chi connectivity index (χ2n) is 8.52. The quantitative estimate of drug-likeness (QED) is 0.429. The number of hydrogen-bond acceptors (Lipinski definition) is 6. The fourth-order valence-electron chi connectivity index (χ4n) is 4.23. The van der Waals surface area contributed by atoms with E-state index in [4.69, 9.17) is 16.1 Å².